The van der Waals surface area contributed by atoms with Gasteiger partial charge in [-0.2, -0.15) is 0 Å². The summed E-state index contributed by atoms with van der Waals surface area (Å²) < 4.78 is 5.83. The molecule has 0 spiro atoms. The second-order valence-corrected chi connectivity index (χ2v) is 4.97. The summed E-state index contributed by atoms with van der Waals surface area (Å²) >= 11 is 0. The highest BCUT2D eigenvalue weighted by Crippen LogP contribution is 2.20. The molecule has 1 N–H and O–H groups in total. The van der Waals surface area contributed by atoms with Crippen molar-refractivity contribution in [1.29, 1.82) is 0 Å². The molecule has 0 atom stereocenters. The van der Waals surface area contributed by atoms with Gasteiger partial charge in [0.15, 0.2) is 0 Å². The Balaban J connectivity index is 2.00. The number of hydrogen-bond donors (Lipinski definition) is 1. The molecule has 21 heavy (non-hydrogen) atoms. The lowest BCUT2D eigenvalue weighted by Crippen LogP contribution is -1.97. The Morgan fingerprint density at radius 1 is 1.14 bits per heavy atom. The zero-order valence-electron chi connectivity index (χ0n) is 12.2. The molecule has 0 aromatic heterocycles. The summed E-state index contributed by atoms with van der Waals surface area (Å²) in [6.45, 7) is 4.55. The van der Waals surface area contributed by atoms with Crippen LogP contribution in [0.4, 0.5) is 0 Å². The first kappa shape index (κ1) is 14.9. The van der Waals surface area contributed by atoms with Gasteiger partial charge in [0, 0.05) is 6.08 Å². The highest BCUT2D eigenvalue weighted by Gasteiger charge is 2.01. The van der Waals surface area contributed by atoms with Gasteiger partial charge in [-0.1, -0.05) is 36.4 Å². The summed E-state index contributed by atoms with van der Waals surface area (Å²) in [4.78, 5) is 10.5. The van der Waals surface area contributed by atoms with Crippen LogP contribution in [-0.2, 0) is 11.4 Å². The summed E-state index contributed by atoms with van der Waals surface area (Å²) in [5.74, 6) is -0.0535. The maximum atomic E-state index is 10.5. The number of carboxylic acid groups (broad SMARTS) is 1. The molecule has 2 aromatic rings. The predicted molar refractivity (Wildman–Crippen MR) is 83.4 cm³/mol. The van der Waals surface area contributed by atoms with E-state index in [1.807, 2.05) is 50.2 Å². The van der Waals surface area contributed by atoms with E-state index < -0.39 is 5.97 Å². The van der Waals surface area contributed by atoms with Crippen molar-refractivity contribution in [3.63, 3.8) is 0 Å². The van der Waals surface area contributed by atoms with Crippen LogP contribution in [0.5, 0.6) is 5.75 Å². The number of benzene rings is 2. The van der Waals surface area contributed by atoms with Crippen molar-refractivity contribution in [2.75, 3.05) is 0 Å². The molecule has 0 heterocycles. The van der Waals surface area contributed by atoms with Gasteiger partial charge in [-0.25, -0.2) is 4.79 Å². The van der Waals surface area contributed by atoms with Gasteiger partial charge < -0.3 is 9.84 Å². The van der Waals surface area contributed by atoms with Gasteiger partial charge in [0.05, 0.1) is 0 Å². The van der Waals surface area contributed by atoms with Crippen molar-refractivity contribution in [3.05, 3.63) is 70.8 Å². The van der Waals surface area contributed by atoms with E-state index in [0.717, 1.165) is 28.5 Å². The Morgan fingerprint density at radius 3 is 2.52 bits per heavy atom. The van der Waals surface area contributed by atoms with Crippen LogP contribution in [0.3, 0.4) is 0 Å². The van der Waals surface area contributed by atoms with Gasteiger partial charge in [-0.15, -0.1) is 0 Å². The van der Waals surface area contributed by atoms with Gasteiger partial charge in [0.1, 0.15) is 12.4 Å². The predicted octanol–water partition coefficient (Wildman–Crippen LogP) is 3.98. The first-order valence-electron chi connectivity index (χ1n) is 6.74. The van der Waals surface area contributed by atoms with Gasteiger partial charge >= 0.3 is 5.97 Å². The monoisotopic (exact) mass is 282 g/mol. The first-order chi connectivity index (χ1) is 10.0. The molecule has 108 valence electrons. The lowest BCUT2D eigenvalue weighted by molar-refractivity contribution is -0.131. The number of hydrogen-bond acceptors (Lipinski definition) is 2. The second kappa shape index (κ2) is 6.75. The zero-order chi connectivity index (χ0) is 15.2. The highest BCUT2D eigenvalue weighted by atomic mass is 16.5. The first-order valence-corrected chi connectivity index (χ1v) is 6.74. The number of ether oxygens (including phenoxy) is 1. The molecular weight excluding hydrogens is 264 g/mol. The lowest BCUT2D eigenvalue weighted by atomic mass is 10.1. The van der Waals surface area contributed by atoms with E-state index in [0.29, 0.717) is 6.61 Å². The van der Waals surface area contributed by atoms with E-state index in [9.17, 15) is 4.79 Å². The average Bonchev–Trinajstić information content (AvgIpc) is 2.47. The number of carbonyl (C=O) groups is 1. The Kier molecular flexibility index (Phi) is 4.77. The number of rotatable bonds is 5. The molecule has 3 heteroatoms. The quantitative estimate of drug-likeness (QED) is 0.844. The Hall–Kier alpha value is -2.55. The normalized spacial score (nSPS) is 10.8. The molecule has 2 rings (SSSR count). The summed E-state index contributed by atoms with van der Waals surface area (Å²) in [6, 6.07) is 13.8. The van der Waals surface area contributed by atoms with Crippen molar-refractivity contribution >= 4 is 12.0 Å². The minimum absolute atomic E-state index is 0.493. The molecular formula is C18H18O3. The van der Waals surface area contributed by atoms with Crippen LogP contribution in [0, 0.1) is 13.8 Å². The van der Waals surface area contributed by atoms with Crippen LogP contribution in [0.1, 0.15) is 22.3 Å². The fraction of sp³-hybridized carbons (Fsp3) is 0.167. The highest BCUT2D eigenvalue weighted by molar-refractivity contribution is 5.85. The fourth-order valence-corrected chi connectivity index (χ4v) is 1.92. The number of aliphatic carboxylic acids is 1. The molecule has 3 nitrogen and oxygen atoms in total. The van der Waals surface area contributed by atoms with Gasteiger partial charge in [0.2, 0.25) is 0 Å². The summed E-state index contributed by atoms with van der Waals surface area (Å²) in [7, 11) is 0. The van der Waals surface area contributed by atoms with Crippen LogP contribution >= 0.6 is 0 Å². The van der Waals surface area contributed by atoms with Gasteiger partial charge in [-0.05, 0) is 48.2 Å². The van der Waals surface area contributed by atoms with Crippen LogP contribution < -0.4 is 4.74 Å². The Morgan fingerprint density at radius 2 is 1.86 bits per heavy atom. The molecule has 0 saturated carbocycles. The summed E-state index contributed by atoms with van der Waals surface area (Å²) in [6.07, 6.45) is 2.69. The third kappa shape index (κ3) is 4.49. The van der Waals surface area contributed by atoms with Crippen LogP contribution in [0.15, 0.2) is 48.5 Å². The van der Waals surface area contributed by atoms with E-state index in [2.05, 4.69) is 6.07 Å². The van der Waals surface area contributed by atoms with Crippen LogP contribution in [0.25, 0.3) is 6.08 Å². The molecule has 0 aliphatic heterocycles. The van der Waals surface area contributed by atoms with Crippen LogP contribution in [0.2, 0.25) is 0 Å². The molecule has 0 aliphatic carbocycles. The molecule has 0 saturated heterocycles. The minimum atomic E-state index is -0.947. The summed E-state index contributed by atoms with van der Waals surface area (Å²) in [5, 5.41) is 8.58. The third-order valence-electron chi connectivity index (χ3n) is 3.14. The Labute approximate surface area is 124 Å². The SMILES string of the molecule is Cc1ccc(C)c(OCc2ccc(C=CC(=O)O)cc2)c1. The van der Waals surface area contributed by atoms with E-state index in [1.54, 1.807) is 6.08 Å². The maximum Gasteiger partial charge on any atom is 0.328 e. The summed E-state index contributed by atoms with van der Waals surface area (Å²) in [5.41, 5.74) is 4.18. The van der Waals surface area contributed by atoms with Gasteiger partial charge in [0.25, 0.3) is 0 Å². The standard InChI is InChI=1S/C18H18O3/c1-13-3-4-14(2)17(11-13)21-12-16-7-5-15(6-8-16)9-10-18(19)20/h3-11H,12H2,1-2H3,(H,19,20). The fourth-order valence-electron chi connectivity index (χ4n) is 1.92. The molecule has 0 aliphatic rings. The third-order valence-corrected chi connectivity index (χ3v) is 3.14. The number of carboxylic acids is 1. The molecule has 0 unspecified atom stereocenters. The molecule has 0 radical (unpaired) electrons. The average molecular weight is 282 g/mol. The van der Waals surface area contributed by atoms with Gasteiger partial charge in [-0.3, -0.25) is 0 Å². The zero-order valence-corrected chi connectivity index (χ0v) is 12.2. The van der Waals surface area contributed by atoms with Crippen molar-refractivity contribution < 1.29 is 14.6 Å². The van der Waals surface area contributed by atoms with Crippen LogP contribution in [-0.4, -0.2) is 11.1 Å². The molecule has 0 amide bonds. The van der Waals surface area contributed by atoms with E-state index in [1.165, 1.54) is 5.56 Å². The van der Waals surface area contributed by atoms with Crippen molar-refractivity contribution in [2.24, 2.45) is 0 Å². The second-order valence-electron chi connectivity index (χ2n) is 4.97. The number of aryl methyl sites for hydroxylation is 2. The van der Waals surface area contributed by atoms with E-state index in [-0.39, 0.29) is 0 Å². The smallest absolute Gasteiger partial charge is 0.328 e. The largest absolute Gasteiger partial charge is 0.489 e. The van der Waals surface area contributed by atoms with Crippen molar-refractivity contribution in [2.45, 2.75) is 20.5 Å². The Bertz CT molecular complexity index is 655. The molecule has 0 bridgehead atoms. The van der Waals surface area contributed by atoms with E-state index in [4.69, 9.17) is 9.84 Å². The van der Waals surface area contributed by atoms with Crippen molar-refractivity contribution in [3.8, 4) is 5.75 Å². The van der Waals surface area contributed by atoms with Crippen molar-refractivity contribution in [1.82, 2.24) is 0 Å². The maximum absolute atomic E-state index is 10.5. The lowest BCUT2D eigenvalue weighted by Gasteiger charge is -2.10. The molecule has 2 aromatic carbocycles. The minimum Gasteiger partial charge on any atom is -0.489 e. The topological polar surface area (TPSA) is 46.5 Å². The van der Waals surface area contributed by atoms with E-state index >= 15 is 0 Å². The molecule has 0 fully saturated rings.